The van der Waals surface area contributed by atoms with E-state index in [1.165, 1.54) is 0 Å². The molecular formula is C10H11N5O. The van der Waals surface area contributed by atoms with Gasteiger partial charge in [-0.05, 0) is 36.4 Å². The lowest BCUT2D eigenvalue weighted by Gasteiger charge is -2.22. The fourth-order valence-corrected chi connectivity index (χ4v) is 1.74. The third-order valence-electron chi connectivity index (χ3n) is 2.55. The number of azide groups is 1. The Labute approximate surface area is 92.4 Å². The summed E-state index contributed by atoms with van der Waals surface area (Å²) in [5, 5.41) is 6.14. The van der Waals surface area contributed by atoms with Crippen LogP contribution in [-0.4, -0.2) is 18.2 Å². The summed E-state index contributed by atoms with van der Waals surface area (Å²) in [6, 6.07) is -0.637. The minimum absolute atomic E-state index is 0.279. The van der Waals surface area contributed by atoms with Crippen molar-refractivity contribution in [2.45, 2.75) is 25.3 Å². The van der Waals surface area contributed by atoms with Crippen molar-refractivity contribution in [1.29, 1.82) is 0 Å². The molecule has 0 aromatic heterocycles. The van der Waals surface area contributed by atoms with E-state index in [4.69, 9.17) is 5.53 Å². The Hall–Kier alpha value is -2.07. The maximum atomic E-state index is 11.5. The smallest absolute Gasteiger partial charge is 0.234 e. The maximum absolute atomic E-state index is 11.5. The van der Waals surface area contributed by atoms with E-state index in [-0.39, 0.29) is 5.91 Å². The molecule has 1 unspecified atom stereocenters. The number of aliphatic imine (C=N–C) groups is 1. The zero-order valence-corrected chi connectivity index (χ0v) is 8.63. The normalized spacial score (nSPS) is 28.0. The predicted octanol–water partition coefficient (Wildman–Crippen LogP) is 1.82. The number of carbonyl (C=O) groups is 1. The van der Waals surface area contributed by atoms with Crippen LogP contribution in [0.1, 0.15) is 19.3 Å². The van der Waals surface area contributed by atoms with Gasteiger partial charge in [0.1, 0.15) is 11.9 Å². The molecule has 6 nitrogen and oxygen atoms in total. The Balaban J connectivity index is 2.27. The zero-order chi connectivity index (χ0) is 11.4. The van der Waals surface area contributed by atoms with Crippen LogP contribution in [0.2, 0.25) is 0 Å². The lowest BCUT2D eigenvalue weighted by molar-refractivity contribution is -0.122. The number of allylic oxidation sites excluding steroid dienone is 2. The van der Waals surface area contributed by atoms with Crippen LogP contribution in [0.4, 0.5) is 0 Å². The van der Waals surface area contributed by atoms with Crippen LogP contribution in [0.5, 0.6) is 0 Å². The SMILES string of the molecule is [N-]=[N+]=NC1CC2=C(/N=C\C=C/CC2)NC1=O. The topological polar surface area (TPSA) is 90.2 Å². The molecular weight excluding hydrogens is 206 g/mol. The largest absolute Gasteiger partial charge is 0.310 e. The van der Waals surface area contributed by atoms with Gasteiger partial charge in [0.2, 0.25) is 5.91 Å². The molecule has 0 aliphatic carbocycles. The van der Waals surface area contributed by atoms with Crippen LogP contribution in [0.3, 0.4) is 0 Å². The molecule has 0 aromatic carbocycles. The van der Waals surface area contributed by atoms with Gasteiger partial charge in [-0.25, -0.2) is 4.99 Å². The summed E-state index contributed by atoms with van der Waals surface area (Å²) in [4.78, 5) is 18.4. The van der Waals surface area contributed by atoms with Crippen LogP contribution in [0.25, 0.3) is 10.4 Å². The molecule has 2 aliphatic rings. The average Bonchev–Trinajstić information content (AvgIpc) is 2.24. The molecule has 1 N–H and O–H groups in total. The summed E-state index contributed by atoms with van der Waals surface area (Å²) in [6.07, 6.45) is 7.74. The molecule has 0 aromatic rings. The summed E-state index contributed by atoms with van der Waals surface area (Å²) in [6.45, 7) is 0. The third-order valence-corrected chi connectivity index (χ3v) is 2.55. The van der Waals surface area contributed by atoms with Crippen molar-refractivity contribution in [2.75, 3.05) is 0 Å². The molecule has 2 rings (SSSR count). The van der Waals surface area contributed by atoms with Gasteiger partial charge in [0.25, 0.3) is 0 Å². The monoisotopic (exact) mass is 217 g/mol. The lowest BCUT2D eigenvalue weighted by atomic mass is 9.97. The van der Waals surface area contributed by atoms with Crippen LogP contribution in [-0.2, 0) is 4.79 Å². The summed E-state index contributed by atoms with van der Waals surface area (Å²) in [5.41, 5.74) is 9.39. The molecule has 1 amide bonds. The van der Waals surface area contributed by atoms with Gasteiger partial charge in [-0.2, -0.15) is 0 Å². The average molecular weight is 217 g/mol. The van der Waals surface area contributed by atoms with Crippen molar-refractivity contribution in [3.63, 3.8) is 0 Å². The number of hydrogen-bond acceptors (Lipinski definition) is 3. The van der Waals surface area contributed by atoms with Gasteiger partial charge < -0.3 is 5.32 Å². The first kappa shape index (κ1) is 10.4. The van der Waals surface area contributed by atoms with E-state index in [2.05, 4.69) is 20.3 Å². The van der Waals surface area contributed by atoms with E-state index in [9.17, 15) is 4.79 Å². The first-order valence-electron chi connectivity index (χ1n) is 5.07. The molecule has 0 fully saturated rings. The number of carbonyl (C=O) groups excluding carboxylic acids is 1. The summed E-state index contributed by atoms with van der Waals surface area (Å²) in [5.74, 6) is 0.331. The Morgan fingerprint density at radius 3 is 3.31 bits per heavy atom. The minimum atomic E-state index is -0.637. The zero-order valence-electron chi connectivity index (χ0n) is 8.63. The Kier molecular flexibility index (Phi) is 3.03. The molecule has 1 atom stereocenters. The summed E-state index contributed by atoms with van der Waals surface area (Å²) in [7, 11) is 0. The summed E-state index contributed by atoms with van der Waals surface area (Å²) < 4.78 is 0. The molecule has 0 bridgehead atoms. The van der Waals surface area contributed by atoms with Gasteiger partial charge in [0.15, 0.2) is 0 Å². The molecule has 2 heterocycles. The highest BCUT2D eigenvalue weighted by Gasteiger charge is 2.26. The van der Waals surface area contributed by atoms with Crippen LogP contribution in [0, 0.1) is 0 Å². The van der Waals surface area contributed by atoms with Crippen LogP contribution in [0.15, 0.2) is 33.7 Å². The Morgan fingerprint density at radius 2 is 2.50 bits per heavy atom. The van der Waals surface area contributed by atoms with Crippen molar-refractivity contribution < 1.29 is 4.79 Å². The Morgan fingerprint density at radius 1 is 1.62 bits per heavy atom. The van der Waals surface area contributed by atoms with Crippen molar-refractivity contribution in [3.8, 4) is 0 Å². The molecule has 0 saturated heterocycles. The van der Waals surface area contributed by atoms with Gasteiger partial charge in [0, 0.05) is 11.1 Å². The van der Waals surface area contributed by atoms with E-state index >= 15 is 0 Å². The number of nitrogens with one attached hydrogen (secondary N) is 1. The minimum Gasteiger partial charge on any atom is -0.310 e. The standard InChI is InChI=1S/C10H11N5O/c11-15-14-8-6-7-4-2-1-3-5-12-9(7)13-10(8)16/h1,3,5,8H,2,4,6H2,(H,13,16)/b3-1-,12-5-. The first-order valence-corrected chi connectivity index (χ1v) is 5.07. The molecule has 16 heavy (non-hydrogen) atoms. The molecule has 82 valence electrons. The van der Waals surface area contributed by atoms with E-state index in [0.29, 0.717) is 12.2 Å². The van der Waals surface area contributed by atoms with Crippen molar-refractivity contribution in [1.82, 2.24) is 5.32 Å². The molecule has 2 aliphatic heterocycles. The van der Waals surface area contributed by atoms with Gasteiger partial charge in [-0.3, -0.25) is 4.79 Å². The van der Waals surface area contributed by atoms with E-state index in [0.717, 1.165) is 18.4 Å². The fourth-order valence-electron chi connectivity index (χ4n) is 1.74. The highest BCUT2D eigenvalue weighted by molar-refractivity contribution is 5.86. The molecule has 0 spiro atoms. The second kappa shape index (κ2) is 4.63. The van der Waals surface area contributed by atoms with Crippen LogP contribution < -0.4 is 5.32 Å². The van der Waals surface area contributed by atoms with Crippen molar-refractivity contribution in [2.24, 2.45) is 10.1 Å². The summed E-state index contributed by atoms with van der Waals surface area (Å²) >= 11 is 0. The predicted molar refractivity (Wildman–Crippen MR) is 59.6 cm³/mol. The van der Waals surface area contributed by atoms with Gasteiger partial charge in [0.05, 0.1) is 0 Å². The highest BCUT2D eigenvalue weighted by atomic mass is 16.2. The second-order valence-corrected chi connectivity index (χ2v) is 3.61. The van der Waals surface area contributed by atoms with Crippen molar-refractivity contribution in [3.05, 3.63) is 34.0 Å². The quantitative estimate of drug-likeness (QED) is 0.405. The van der Waals surface area contributed by atoms with Gasteiger partial charge in [-0.15, -0.1) is 0 Å². The van der Waals surface area contributed by atoms with Crippen molar-refractivity contribution >= 4 is 12.1 Å². The van der Waals surface area contributed by atoms with Gasteiger partial charge >= 0.3 is 0 Å². The van der Waals surface area contributed by atoms with E-state index in [1.54, 1.807) is 6.21 Å². The van der Waals surface area contributed by atoms with E-state index in [1.807, 2.05) is 12.2 Å². The number of rotatable bonds is 1. The van der Waals surface area contributed by atoms with Crippen LogP contribution >= 0.6 is 0 Å². The maximum Gasteiger partial charge on any atom is 0.234 e. The number of hydrogen-bond donors (Lipinski definition) is 1. The molecule has 6 heteroatoms. The molecule has 0 saturated carbocycles. The number of nitrogens with zero attached hydrogens (tertiary/aromatic N) is 4. The fraction of sp³-hybridized carbons (Fsp3) is 0.400. The highest BCUT2D eigenvalue weighted by Crippen LogP contribution is 2.24. The second-order valence-electron chi connectivity index (χ2n) is 3.61. The first-order chi connectivity index (χ1) is 7.81. The molecule has 0 radical (unpaired) electrons. The number of amides is 1. The van der Waals surface area contributed by atoms with Gasteiger partial charge in [-0.1, -0.05) is 11.2 Å². The Bertz CT molecular complexity index is 442. The third kappa shape index (κ3) is 2.12. The lowest BCUT2D eigenvalue weighted by Crippen LogP contribution is -2.37. The van der Waals surface area contributed by atoms with E-state index < -0.39 is 6.04 Å².